The molecule has 0 unspecified atom stereocenters. The van der Waals surface area contributed by atoms with Crippen LogP contribution in [-0.4, -0.2) is 33.7 Å². The molecule has 2 heterocycles. The number of rotatable bonds is 6. The SMILES string of the molecule is O=C(c1cccc2ccccc12)[C@@H]1CCCN(Cc2ccc(Oc3ncccn3)cc2)C1. The minimum Gasteiger partial charge on any atom is -0.424 e. The number of carbonyl (C=O) groups excluding carboxylic acids is 1. The minimum absolute atomic E-state index is 0.0346. The maximum Gasteiger partial charge on any atom is 0.321 e. The van der Waals surface area contributed by atoms with Crippen LogP contribution in [0.4, 0.5) is 0 Å². The van der Waals surface area contributed by atoms with Crippen LogP contribution >= 0.6 is 0 Å². The van der Waals surface area contributed by atoms with Crippen LogP contribution in [0.15, 0.2) is 85.2 Å². The highest BCUT2D eigenvalue weighted by atomic mass is 16.5. The lowest BCUT2D eigenvalue weighted by Gasteiger charge is -2.32. The molecule has 5 nitrogen and oxygen atoms in total. The second-order valence-corrected chi connectivity index (χ2v) is 8.24. The summed E-state index contributed by atoms with van der Waals surface area (Å²) in [6, 6.07) is 24.3. The highest BCUT2D eigenvalue weighted by Crippen LogP contribution is 2.27. The Bertz CT molecular complexity index is 1200. The van der Waals surface area contributed by atoms with Gasteiger partial charge in [-0.15, -0.1) is 0 Å². The zero-order valence-electron chi connectivity index (χ0n) is 17.9. The second kappa shape index (κ2) is 9.28. The van der Waals surface area contributed by atoms with E-state index in [1.807, 2.05) is 42.5 Å². The summed E-state index contributed by atoms with van der Waals surface area (Å²) >= 11 is 0. The molecular weight excluding hydrogens is 398 g/mol. The van der Waals surface area contributed by atoms with Crippen molar-refractivity contribution in [3.05, 3.63) is 96.3 Å². The topological polar surface area (TPSA) is 55.3 Å². The van der Waals surface area contributed by atoms with Gasteiger partial charge < -0.3 is 4.74 Å². The number of fused-ring (bicyclic) bond motifs is 1. The van der Waals surface area contributed by atoms with Gasteiger partial charge in [-0.05, 0) is 53.9 Å². The Morgan fingerprint density at radius 3 is 2.56 bits per heavy atom. The van der Waals surface area contributed by atoms with E-state index in [-0.39, 0.29) is 11.7 Å². The number of piperidine rings is 1. The molecule has 0 aliphatic carbocycles. The molecule has 0 amide bonds. The van der Waals surface area contributed by atoms with Crippen molar-refractivity contribution in [1.29, 1.82) is 0 Å². The van der Waals surface area contributed by atoms with Gasteiger partial charge in [-0.3, -0.25) is 9.69 Å². The number of benzene rings is 3. The van der Waals surface area contributed by atoms with Crippen molar-refractivity contribution in [3.63, 3.8) is 0 Å². The first kappa shape index (κ1) is 20.3. The Labute approximate surface area is 187 Å². The fourth-order valence-electron chi connectivity index (χ4n) is 4.44. The van der Waals surface area contributed by atoms with Crippen LogP contribution in [0.25, 0.3) is 10.8 Å². The van der Waals surface area contributed by atoms with E-state index < -0.39 is 0 Å². The number of ketones is 1. The van der Waals surface area contributed by atoms with Gasteiger partial charge in [0.25, 0.3) is 0 Å². The lowest BCUT2D eigenvalue weighted by Crippen LogP contribution is -2.38. The Morgan fingerprint density at radius 1 is 0.938 bits per heavy atom. The second-order valence-electron chi connectivity index (χ2n) is 8.24. The smallest absolute Gasteiger partial charge is 0.321 e. The van der Waals surface area contributed by atoms with Crippen molar-refractivity contribution >= 4 is 16.6 Å². The molecule has 1 saturated heterocycles. The summed E-state index contributed by atoms with van der Waals surface area (Å²) in [5.41, 5.74) is 2.05. The fraction of sp³-hybridized carbons (Fsp3) is 0.222. The third-order valence-corrected chi connectivity index (χ3v) is 6.01. The third-order valence-electron chi connectivity index (χ3n) is 6.01. The number of aromatic nitrogens is 2. The molecule has 1 fully saturated rings. The molecule has 32 heavy (non-hydrogen) atoms. The number of likely N-dealkylation sites (tertiary alicyclic amines) is 1. The van der Waals surface area contributed by atoms with Crippen LogP contribution in [0, 0.1) is 5.92 Å². The first-order valence-corrected chi connectivity index (χ1v) is 11.0. The van der Waals surface area contributed by atoms with Crippen molar-refractivity contribution in [2.45, 2.75) is 19.4 Å². The Kier molecular flexibility index (Phi) is 5.90. The van der Waals surface area contributed by atoms with Gasteiger partial charge in [0.1, 0.15) is 5.75 Å². The highest BCUT2D eigenvalue weighted by molar-refractivity contribution is 6.09. The van der Waals surface area contributed by atoms with Crippen LogP contribution in [0.2, 0.25) is 0 Å². The first-order valence-electron chi connectivity index (χ1n) is 11.0. The minimum atomic E-state index is 0.0346. The quantitative estimate of drug-likeness (QED) is 0.382. The van der Waals surface area contributed by atoms with Crippen LogP contribution in [0.1, 0.15) is 28.8 Å². The van der Waals surface area contributed by atoms with Gasteiger partial charge in [0, 0.05) is 37.0 Å². The Balaban J connectivity index is 1.24. The molecule has 0 saturated carbocycles. The van der Waals surface area contributed by atoms with E-state index in [1.165, 1.54) is 5.56 Å². The van der Waals surface area contributed by atoms with Gasteiger partial charge in [0.05, 0.1) is 0 Å². The van der Waals surface area contributed by atoms with E-state index in [9.17, 15) is 4.79 Å². The zero-order chi connectivity index (χ0) is 21.8. The monoisotopic (exact) mass is 423 g/mol. The molecule has 1 aromatic heterocycles. The standard InChI is InChI=1S/C27H25N3O2/c31-26(25-10-3-7-21-6-1-2-9-24(21)25)22-8-4-17-30(19-22)18-20-11-13-23(14-12-20)32-27-28-15-5-16-29-27/h1-3,5-7,9-16,22H,4,8,17-19H2/t22-/m1/s1. The zero-order valence-corrected chi connectivity index (χ0v) is 17.9. The predicted octanol–water partition coefficient (Wildman–Crippen LogP) is 5.52. The molecule has 1 aliphatic heterocycles. The largest absolute Gasteiger partial charge is 0.424 e. The lowest BCUT2D eigenvalue weighted by atomic mass is 9.88. The lowest BCUT2D eigenvalue weighted by molar-refractivity contribution is 0.0813. The average Bonchev–Trinajstić information content (AvgIpc) is 2.85. The number of hydrogen-bond acceptors (Lipinski definition) is 5. The van der Waals surface area contributed by atoms with E-state index in [4.69, 9.17) is 4.74 Å². The molecule has 3 aromatic carbocycles. The maximum absolute atomic E-state index is 13.4. The first-order chi connectivity index (χ1) is 15.8. The molecule has 0 spiro atoms. The Hall–Kier alpha value is -3.57. The number of Topliss-reactive ketones (excluding diaryl/α,β-unsaturated/α-hetero) is 1. The molecule has 5 rings (SSSR count). The molecule has 5 heteroatoms. The van der Waals surface area contributed by atoms with Crippen LogP contribution in [-0.2, 0) is 6.54 Å². The van der Waals surface area contributed by atoms with Crippen LogP contribution in [0.5, 0.6) is 11.8 Å². The summed E-state index contributed by atoms with van der Waals surface area (Å²) in [6.07, 6.45) is 5.29. The molecule has 160 valence electrons. The van der Waals surface area contributed by atoms with E-state index in [0.29, 0.717) is 11.8 Å². The summed E-state index contributed by atoms with van der Waals surface area (Å²) in [5, 5.41) is 2.17. The van der Waals surface area contributed by atoms with Gasteiger partial charge >= 0.3 is 6.01 Å². The molecule has 0 radical (unpaired) electrons. The van der Waals surface area contributed by atoms with E-state index in [0.717, 1.165) is 48.8 Å². The maximum atomic E-state index is 13.4. The average molecular weight is 424 g/mol. The summed E-state index contributed by atoms with van der Waals surface area (Å²) in [7, 11) is 0. The van der Waals surface area contributed by atoms with Gasteiger partial charge in [-0.1, -0.05) is 54.6 Å². The van der Waals surface area contributed by atoms with Crippen LogP contribution < -0.4 is 4.74 Å². The van der Waals surface area contributed by atoms with Gasteiger partial charge in [0.2, 0.25) is 0 Å². The van der Waals surface area contributed by atoms with Crippen molar-refractivity contribution in [3.8, 4) is 11.8 Å². The molecule has 0 bridgehead atoms. The summed E-state index contributed by atoms with van der Waals surface area (Å²) in [4.78, 5) is 23.9. The molecular formula is C27H25N3O2. The molecule has 1 aliphatic rings. The number of nitrogens with zero attached hydrogens (tertiary/aromatic N) is 3. The molecule has 0 N–H and O–H groups in total. The van der Waals surface area contributed by atoms with Crippen molar-refractivity contribution in [2.24, 2.45) is 5.92 Å². The number of carbonyl (C=O) groups is 1. The van der Waals surface area contributed by atoms with E-state index in [2.05, 4.69) is 39.1 Å². The normalized spacial score (nSPS) is 16.7. The van der Waals surface area contributed by atoms with E-state index in [1.54, 1.807) is 18.5 Å². The third kappa shape index (κ3) is 4.53. The van der Waals surface area contributed by atoms with E-state index >= 15 is 0 Å². The predicted molar refractivity (Wildman–Crippen MR) is 125 cm³/mol. The van der Waals surface area contributed by atoms with Gasteiger partial charge in [-0.25, -0.2) is 9.97 Å². The van der Waals surface area contributed by atoms with Crippen LogP contribution in [0.3, 0.4) is 0 Å². The van der Waals surface area contributed by atoms with Gasteiger partial charge in [0.15, 0.2) is 5.78 Å². The summed E-state index contributed by atoms with van der Waals surface area (Å²) in [6.45, 7) is 2.62. The van der Waals surface area contributed by atoms with Crippen molar-refractivity contribution in [1.82, 2.24) is 14.9 Å². The Morgan fingerprint density at radius 2 is 1.72 bits per heavy atom. The van der Waals surface area contributed by atoms with Gasteiger partial charge in [-0.2, -0.15) is 0 Å². The number of ether oxygens (including phenoxy) is 1. The molecule has 1 atom stereocenters. The number of hydrogen-bond donors (Lipinski definition) is 0. The van der Waals surface area contributed by atoms with Crippen molar-refractivity contribution < 1.29 is 9.53 Å². The summed E-state index contributed by atoms with van der Waals surface area (Å²) < 4.78 is 5.68. The summed E-state index contributed by atoms with van der Waals surface area (Å²) in [5.74, 6) is 1.01. The highest BCUT2D eigenvalue weighted by Gasteiger charge is 2.27. The fourth-order valence-corrected chi connectivity index (χ4v) is 4.44. The molecule has 4 aromatic rings. The van der Waals surface area contributed by atoms with Crippen molar-refractivity contribution in [2.75, 3.05) is 13.1 Å².